The van der Waals surface area contributed by atoms with Crippen LogP contribution in [0.4, 0.5) is 5.95 Å². The van der Waals surface area contributed by atoms with Crippen molar-refractivity contribution < 1.29 is 0 Å². The predicted octanol–water partition coefficient (Wildman–Crippen LogP) is 3.42. The first-order chi connectivity index (χ1) is 9.56. The lowest BCUT2D eigenvalue weighted by atomic mass is 9.78. The number of anilines is 1. The summed E-state index contributed by atoms with van der Waals surface area (Å²) in [6.07, 6.45) is 3.79. The first-order valence-corrected chi connectivity index (χ1v) is 7.15. The summed E-state index contributed by atoms with van der Waals surface area (Å²) < 4.78 is 0. The molecule has 1 aliphatic heterocycles. The molecule has 1 saturated heterocycles. The van der Waals surface area contributed by atoms with Gasteiger partial charge in [-0.05, 0) is 23.5 Å². The van der Waals surface area contributed by atoms with Gasteiger partial charge < -0.3 is 4.90 Å². The van der Waals surface area contributed by atoms with Gasteiger partial charge in [-0.1, -0.05) is 44.2 Å². The van der Waals surface area contributed by atoms with E-state index in [4.69, 9.17) is 0 Å². The second kappa shape index (κ2) is 4.89. The van der Waals surface area contributed by atoms with E-state index >= 15 is 0 Å². The van der Waals surface area contributed by atoms with Crippen LogP contribution in [0.25, 0.3) is 0 Å². The Balaban J connectivity index is 1.87. The molecule has 1 aromatic carbocycles. The van der Waals surface area contributed by atoms with E-state index in [1.807, 2.05) is 19.3 Å². The molecule has 1 unspecified atom stereocenters. The lowest BCUT2D eigenvalue weighted by molar-refractivity contribution is 0.365. The third kappa shape index (κ3) is 2.40. The van der Waals surface area contributed by atoms with Gasteiger partial charge >= 0.3 is 0 Å². The molecule has 1 aliphatic rings. The van der Waals surface area contributed by atoms with Gasteiger partial charge in [0.05, 0.1) is 0 Å². The van der Waals surface area contributed by atoms with Gasteiger partial charge in [-0.25, -0.2) is 9.97 Å². The minimum absolute atomic E-state index is 0.232. The van der Waals surface area contributed by atoms with Crippen molar-refractivity contribution in [1.29, 1.82) is 0 Å². The summed E-state index contributed by atoms with van der Waals surface area (Å²) in [6.45, 7) is 8.66. The molecule has 3 rings (SSSR count). The van der Waals surface area contributed by atoms with Crippen LogP contribution in [0.15, 0.2) is 42.7 Å². The molecule has 0 amide bonds. The molecular weight excluding hydrogens is 246 g/mol. The number of rotatable bonds is 2. The summed E-state index contributed by atoms with van der Waals surface area (Å²) >= 11 is 0. The Morgan fingerprint density at radius 3 is 2.40 bits per heavy atom. The van der Waals surface area contributed by atoms with Crippen LogP contribution in [0.2, 0.25) is 0 Å². The van der Waals surface area contributed by atoms with E-state index in [0.717, 1.165) is 24.6 Å². The fourth-order valence-electron chi connectivity index (χ4n) is 3.08. The number of hydrogen-bond acceptors (Lipinski definition) is 3. The molecular formula is C17H21N3. The zero-order valence-corrected chi connectivity index (χ0v) is 12.4. The van der Waals surface area contributed by atoms with Gasteiger partial charge in [0.2, 0.25) is 5.95 Å². The van der Waals surface area contributed by atoms with Crippen LogP contribution in [-0.2, 0) is 0 Å². The fourth-order valence-corrected chi connectivity index (χ4v) is 3.08. The highest BCUT2D eigenvalue weighted by atomic mass is 15.3. The second-order valence-corrected chi connectivity index (χ2v) is 6.39. The van der Waals surface area contributed by atoms with Crippen molar-refractivity contribution in [2.75, 3.05) is 18.0 Å². The van der Waals surface area contributed by atoms with Crippen molar-refractivity contribution in [3.8, 4) is 0 Å². The SMILES string of the molecule is Cc1cnc(N2CC(c3ccccc3)C(C)(C)C2)nc1. The number of benzene rings is 1. The number of hydrogen-bond donors (Lipinski definition) is 0. The molecule has 1 atom stereocenters. The summed E-state index contributed by atoms with van der Waals surface area (Å²) in [5.74, 6) is 1.37. The van der Waals surface area contributed by atoms with E-state index in [2.05, 4.69) is 59.0 Å². The van der Waals surface area contributed by atoms with Gasteiger partial charge in [-0.15, -0.1) is 0 Å². The molecule has 0 saturated carbocycles. The van der Waals surface area contributed by atoms with Crippen molar-refractivity contribution >= 4 is 5.95 Å². The standard InChI is InChI=1S/C17H21N3/c1-13-9-18-16(19-10-13)20-11-15(17(2,3)12-20)14-7-5-4-6-8-14/h4-10,15H,11-12H2,1-3H3. The Kier molecular flexibility index (Phi) is 3.20. The van der Waals surface area contributed by atoms with Gasteiger partial charge in [-0.2, -0.15) is 0 Å². The molecule has 0 bridgehead atoms. The molecule has 20 heavy (non-hydrogen) atoms. The molecule has 2 aromatic rings. The third-order valence-corrected chi connectivity index (χ3v) is 4.20. The Morgan fingerprint density at radius 2 is 1.75 bits per heavy atom. The Morgan fingerprint density at radius 1 is 1.10 bits per heavy atom. The zero-order chi connectivity index (χ0) is 14.2. The Hall–Kier alpha value is -1.90. The molecule has 3 heteroatoms. The highest BCUT2D eigenvalue weighted by Crippen LogP contribution is 2.42. The molecule has 104 valence electrons. The van der Waals surface area contributed by atoms with Crippen LogP contribution in [-0.4, -0.2) is 23.1 Å². The Bertz CT molecular complexity index is 575. The molecule has 3 nitrogen and oxygen atoms in total. The normalized spacial score (nSPS) is 21.1. The molecule has 0 aliphatic carbocycles. The minimum atomic E-state index is 0.232. The van der Waals surface area contributed by atoms with Crippen LogP contribution in [0.3, 0.4) is 0 Å². The van der Waals surface area contributed by atoms with Crippen molar-refractivity contribution in [1.82, 2.24) is 9.97 Å². The van der Waals surface area contributed by atoms with E-state index in [9.17, 15) is 0 Å². The summed E-state index contributed by atoms with van der Waals surface area (Å²) in [4.78, 5) is 11.2. The quantitative estimate of drug-likeness (QED) is 0.835. The molecule has 0 N–H and O–H groups in total. The van der Waals surface area contributed by atoms with Gasteiger partial charge in [0, 0.05) is 31.4 Å². The maximum Gasteiger partial charge on any atom is 0.225 e. The molecule has 1 aromatic heterocycles. The summed E-state index contributed by atoms with van der Waals surface area (Å²) in [5.41, 5.74) is 2.74. The van der Waals surface area contributed by atoms with E-state index in [0.29, 0.717) is 5.92 Å². The van der Waals surface area contributed by atoms with Gasteiger partial charge in [0.1, 0.15) is 0 Å². The number of aryl methyl sites for hydroxylation is 1. The van der Waals surface area contributed by atoms with E-state index in [1.165, 1.54) is 5.56 Å². The lowest BCUT2D eigenvalue weighted by Gasteiger charge is -2.25. The van der Waals surface area contributed by atoms with Crippen LogP contribution < -0.4 is 4.90 Å². The fraction of sp³-hybridized carbons (Fsp3) is 0.412. The largest absolute Gasteiger partial charge is 0.340 e. The maximum absolute atomic E-state index is 4.47. The summed E-state index contributed by atoms with van der Waals surface area (Å²) in [6, 6.07) is 10.8. The number of aromatic nitrogens is 2. The van der Waals surface area contributed by atoms with Crippen molar-refractivity contribution in [2.24, 2.45) is 5.41 Å². The molecule has 0 radical (unpaired) electrons. The lowest BCUT2D eigenvalue weighted by Crippen LogP contribution is -2.24. The van der Waals surface area contributed by atoms with Crippen LogP contribution in [0.5, 0.6) is 0 Å². The van der Waals surface area contributed by atoms with Crippen LogP contribution in [0.1, 0.15) is 30.9 Å². The topological polar surface area (TPSA) is 29.0 Å². The van der Waals surface area contributed by atoms with Gasteiger partial charge in [0.25, 0.3) is 0 Å². The van der Waals surface area contributed by atoms with E-state index < -0.39 is 0 Å². The van der Waals surface area contributed by atoms with E-state index in [1.54, 1.807) is 0 Å². The van der Waals surface area contributed by atoms with Crippen LogP contribution >= 0.6 is 0 Å². The summed E-state index contributed by atoms with van der Waals surface area (Å²) in [5, 5.41) is 0. The average molecular weight is 267 g/mol. The summed E-state index contributed by atoms with van der Waals surface area (Å²) in [7, 11) is 0. The first-order valence-electron chi connectivity index (χ1n) is 7.15. The van der Waals surface area contributed by atoms with Crippen LogP contribution in [0, 0.1) is 12.3 Å². The highest BCUT2D eigenvalue weighted by Gasteiger charge is 2.40. The molecule has 2 heterocycles. The van der Waals surface area contributed by atoms with Gasteiger partial charge in [0.15, 0.2) is 0 Å². The smallest absolute Gasteiger partial charge is 0.225 e. The second-order valence-electron chi connectivity index (χ2n) is 6.39. The Labute approximate surface area is 120 Å². The van der Waals surface area contributed by atoms with E-state index in [-0.39, 0.29) is 5.41 Å². The van der Waals surface area contributed by atoms with Crippen molar-refractivity contribution in [3.63, 3.8) is 0 Å². The average Bonchev–Trinajstić information content (AvgIpc) is 2.76. The monoisotopic (exact) mass is 267 g/mol. The zero-order valence-electron chi connectivity index (χ0n) is 12.4. The van der Waals surface area contributed by atoms with Crippen molar-refractivity contribution in [2.45, 2.75) is 26.7 Å². The maximum atomic E-state index is 4.47. The number of nitrogens with zero attached hydrogens (tertiary/aromatic N) is 3. The van der Waals surface area contributed by atoms with Gasteiger partial charge in [-0.3, -0.25) is 0 Å². The molecule has 0 spiro atoms. The highest BCUT2D eigenvalue weighted by molar-refractivity contribution is 5.38. The first kappa shape index (κ1) is 13.1. The predicted molar refractivity (Wildman–Crippen MR) is 81.9 cm³/mol. The molecule has 1 fully saturated rings. The minimum Gasteiger partial charge on any atom is -0.340 e. The van der Waals surface area contributed by atoms with Crippen molar-refractivity contribution in [3.05, 3.63) is 53.9 Å². The third-order valence-electron chi connectivity index (χ3n) is 4.20.